The summed E-state index contributed by atoms with van der Waals surface area (Å²) in [7, 11) is -1.02. The average Bonchev–Trinajstić information content (AvgIpc) is 2.88. The highest BCUT2D eigenvalue weighted by Crippen LogP contribution is 2.13. The number of hydrogen-bond donors (Lipinski definition) is 0. The zero-order valence-electron chi connectivity index (χ0n) is 12.8. The van der Waals surface area contributed by atoms with Crippen LogP contribution in [0.5, 0.6) is 0 Å². The minimum absolute atomic E-state index is 0.320. The van der Waals surface area contributed by atoms with E-state index >= 15 is 0 Å². The first-order valence-electron chi connectivity index (χ1n) is 7.31. The second kappa shape index (κ2) is 7.50. The molecule has 4 nitrogen and oxygen atoms in total. The molecule has 0 saturated heterocycles. The molecule has 2 aromatic rings. The molecular formula is C16H22N2O2S. The molecule has 1 atom stereocenters. The first-order chi connectivity index (χ1) is 10.1. The molecule has 114 valence electrons. The molecule has 0 aliphatic heterocycles. The summed E-state index contributed by atoms with van der Waals surface area (Å²) in [5, 5.41) is 7.79. The average molecular weight is 306 g/mol. The Labute approximate surface area is 128 Å². The SMILES string of the molecule is CCc1nnc(C[S@](=O)Cc2ccc(CC(C)C)cc2)o1. The minimum atomic E-state index is -1.02. The highest BCUT2D eigenvalue weighted by molar-refractivity contribution is 7.83. The fraction of sp³-hybridized carbons (Fsp3) is 0.500. The van der Waals surface area contributed by atoms with Gasteiger partial charge in [0, 0.05) is 23.0 Å². The van der Waals surface area contributed by atoms with Crippen molar-refractivity contribution in [3.8, 4) is 0 Å². The summed E-state index contributed by atoms with van der Waals surface area (Å²) in [6.45, 7) is 6.36. The van der Waals surface area contributed by atoms with E-state index in [4.69, 9.17) is 4.42 Å². The minimum Gasteiger partial charge on any atom is -0.424 e. The number of rotatable bonds is 7. The molecule has 1 aromatic carbocycles. The van der Waals surface area contributed by atoms with E-state index in [0.717, 1.165) is 12.0 Å². The Kier molecular flexibility index (Phi) is 5.67. The summed E-state index contributed by atoms with van der Waals surface area (Å²) in [6.07, 6.45) is 1.78. The van der Waals surface area contributed by atoms with Gasteiger partial charge in [0.05, 0.1) is 0 Å². The standard InChI is InChI=1S/C16H22N2O2S/c1-4-15-17-18-16(20-15)11-21(19)10-14-7-5-13(6-8-14)9-12(2)3/h5-8,12H,4,9-11H2,1-3H3/t21-/m1/s1. The zero-order chi connectivity index (χ0) is 15.2. The molecule has 1 heterocycles. The summed E-state index contributed by atoms with van der Waals surface area (Å²) >= 11 is 0. The van der Waals surface area contributed by atoms with Crippen molar-refractivity contribution in [1.82, 2.24) is 10.2 Å². The van der Waals surface area contributed by atoms with Crippen LogP contribution in [0.3, 0.4) is 0 Å². The number of nitrogens with zero attached hydrogens (tertiary/aromatic N) is 2. The largest absolute Gasteiger partial charge is 0.424 e. The molecule has 0 radical (unpaired) electrons. The van der Waals surface area contributed by atoms with Gasteiger partial charge in [0.25, 0.3) is 0 Å². The van der Waals surface area contributed by atoms with Gasteiger partial charge in [-0.1, -0.05) is 45.0 Å². The van der Waals surface area contributed by atoms with Gasteiger partial charge in [0.15, 0.2) is 0 Å². The highest BCUT2D eigenvalue weighted by atomic mass is 32.2. The van der Waals surface area contributed by atoms with Gasteiger partial charge in [-0.15, -0.1) is 10.2 Å². The van der Waals surface area contributed by atoms with E-state index in [-0.39, 0.29) is 0 Å². The quantitative estimate of drug-likeness (QED) is 0.787. The lowest BCUT2D eigenvalue weighted by atomic mass is 10.0. The molecule has 21 heavy (non-hydrogen) atoms. The van der Waals surface area contributed by atoms with Gasteiger partial charge in [-0.05, 0) is 23.5 Å². The van der Waals surface area contributed by atoms with Crippen molar-refractivity contribution in [3.05, 3.63) is 47.2 Å². The Hall–Kier alpha value is -1.49. The molecule has 0 fully saturated rings. The van der Waals surface area contributed by atoms with Crippen LogP contribution in [-0.4, -0.2) is 14.4 Å². The van der Waals surface area contributed by atoms with Gasteiger partial charge < -0.3 is 4.42 Å². The van der Waals surface area contributed by atoms with Gasteiger partial charge >= 0.3 is 0 Å². The van der Waals surface area contributed by atoms with E-state index in [1.807, 2.05) is 6.92 Å². The fourth-order valence-corrected chi connectivity index (χ4v) is 3.17. The van der Waals surface area contributed by atoms with Gasteiger partial charge in [-0.2, -0.15) is 0 Å². The number of hydrogen-bond acceptors (Lipinski definition) is 4. The summed E-state index contributed by atoms with van der Waals surface area (Å²) in [6, 6.07) is 8.35. The van der Waals surface area contributed by atoms with Crippen LogP contribution in [0.25, 0.3) is 0 Å². The van der Waals surface area contributed by atoms with E-state index < -0.39 is 10.8 Å². The van der Waals surface area contributed by atoms with Crippen LogP contribution in [-0.2, 0) is 35.1 Å². The number of aromatic nitrogens is 2. The first-order valence-corrected chi connectivity index (χ1v) is 8.79. The topological polar surface area (TPSA) is 56.0 Å². The third-order valence-electron chi connectivity index (χ3n) is 3.09. The molecule has 0 bridgehead atoms. The summed E-state index contributed by atoms with van der Waals surface area (Å²) < 4.78 is 17.5. The third kappa shape index (κ3) is 5.08. The molecule has 0 aliphatic carbocycles. The van der Waals surface area contributed by atoms with Gasteiger partial charge in [0.2, 0.25) is 11.8 Å². The zero-order valence-corrected chi connectivity index (χ0v) is 13.7. The fourth-order valence-electron chi connectivity index (χ4n) is 2.11. The van der Waals surface area contributed by atoms with Gasteiger partial charge in [-0.25, -0.2) is 0 Å². The van der Waals surface area contributed by atoms with Crippen molar-refractivity contribution in [2.75, 3.05) is 0 Å². The van der Waals surface area contributed by atoms with Crippen LogP contribution in [0.15, 0.2) is 28.7 Å². The molecule has 0 saturated carbocycles. The van der Waals surface area contributed by atoms with Crippen molar-refractivity contribution >= 4 is 10.8 Å². The Balaban J connectivity index is 1.90. The van der Waals surface area contributed by atoms with Crippen LogP contribution in [0.1, 0.15) is 43.7 Å². The third-order valence-corrected chi connectivity index (χ3v) is 4.31. The highest BCUT2D eigenvalue weighted by Gasteiger charge is 2.10. The molecule has 0 amide bonds. The van der Waals surface area contributed by atoms with E-state index in [1.165, 1.54) is 5.56 Å². The summed E-state index contributed by atoms with van der Waals surface area (Å²) in [5.74, 6) is 2.55. The molecule has 0 aliphatic rings. The van der Waals surface area contributed by atoms with Crippen molar-refractivity contribution in [2.45, 2.75) is 45.1 Å². The van der Waals surface area contributed by atoms with Crippen molar-refractivity contribution in [3.63, 3.8) is 0 Å². The van der Waals surface area contributed by atoms with Crippen LogP contribution in [0.4, 0.5) is 0 Å². The summed E-state index contributed by atoms with van der Waals surface area (Å²) in [4.78, 5) is 0. The van der Waals surface area contributed by atoms with Crippen LogP contribution < -0.4 is 0 Å². The maximum atomic E-state index is 12.1. The van der Waals surface area contributed by atoms with E-state index in [2.05, 4.69) is 48.3 Å². The molecule has 2 rings (SSSR count). The molecular weight excluding hydrogens is 284 g/mol. The predicted octanol–water partition coefficient (Wildman–Crippen LogP) is 3.28. The molecule has 0 N–H and O–H groups in total. The molecule has 0 spiro atoms. The normalized spacial score (nSPS) is 12.8. The Morgan fingerprint density at radius 2 is 1.67 bits per heavy atom. The van der Waals surface area contributed by atoms with E-state index in [0.29, 0.717) is 35.6 Å². The maximum Gasteiger partial charge on any atom is 0.229 e. The molecule has 0 unspecified atom stereocenters. The lowest BCUT2D eigenvalue weighted by Gasteiger charge is -2.06. The van der Waals surface area contributed by atoms with Gasteiger partial charge in [-0.3, -0.25) is 4.21 Å². The lowest BCUT2D eigenvalue weighted by molar-refractivity contribution is 0.468. The second-order valence-corrected chi connectivity index (χ2v) is 7.04. The molecule has 1 aromatic heterocycles. The Bertz CT molecular complexity index is 591. The first kappa shape index (κ1) is 15.9. The van der Waals surface area contributed by atoms with Crippen molar-refractivity contribution < 1.29 is 8.63 Å². The van der Waals surface area contributed by atoms with E-state index in [9.17, 15) is 4.21 Å². The number of aryl methyl sites for hydroxylation is 1. The van der Waals surface area contributed by atoms with Crippen LogP contribution in [0, 0.1) is 5.92 Å². The van der Waals surface area contributed by atoms with Gasteiger partial charge in [0.1, 0.15) is 5.75 Å². The smallest absolute Gasteiger partial charge is 0.229 e. The second-order valence-electron chi connectivity index (χ2n) is 5.59. The molecule has 5 heteroatoms. The Morgan fingerprint density at radius 3 is 2.24 bits per heavy atom. The Morgan fingerprint density at radius 1 is 1.05 bits per heavy atom. The van der Waals surface area contributed by atoms with Crippen molar-refractivity contribution in [2.24, 2.45) is 5.92 Å². The predicted molar refractivity (Wildman–Crippen MR) is 84.2 cm³/mol. The van der Waals surface area contributed by atoms with Crippen LogP contribution >= 0.6 is 0 Å². The summed E-state index contributed by atoms with van der Waals surface area (Å²) in [5.41, 5.74) is 2.40. The lowest BCUT2D eigenvalue weighted by Crippen LogP contribution is -2.00. The maximum absolute atomic E-state index is 12.1. The number of benzene rings is 1. The van der Waals surface area contributed by atoms with Crippen molar-refractivity contribution in [1.29, 1.82) is 0 Å². The monoisotopic (exact) mass is 306 g/mol. The van der Waals surface area contributed by atoms with E-state index in [1.54, 1.807) is 0 Å². The van der Waals surface area contributed by atoms with Crippen LogP contribution in [0.2, 0.25) is 0 Å².